The maximum atomic E-state index is 6.12. The molecule has 80 valence electrons. The summed E-state index contributed by atoms with van der Waals surface area (Å²) in [6.45, 7) is 8.60. The first kappa shape index (κ1) is 10.6. The Labute approximate surface area is 95.7 Å². The number of rotatable bonds is 1. The monoisotopic (exact) mass is 221 g/mol. The van der Waals surface area contributed by atoms with Crippen LogP contribution in [0.2, 0.25) is 5.02 Å². The van der Waals surface area contributed by atoms with E-state index in [-0.39, 0.29) is 0 Å². The van der Waals surface area contributed by atoms with Gasteiger partial charge in [0.15, 0.2) is 0 Å². The number of aromatic nitrogens is 1. The zero-order chi connectivity index (χ0) is 11.2. The van der Waals surface area contributed by atoms with Crippen LogP contribution in [-0.2, 0) is 0 Å². The van der Waals surface area contributed by atoms with Crippen molar-refractivity contribution in [1.29, 1.82) is 0 Å². The standard InChI is InChI=1S/C13H16ClN/c1-8(2)15-10(4)6-11-7-12(14)9(3)5-13(11)15/h5-8H,1-4H3. The van der Waals surface area contributed by atoms with E-state index in [4.69, 9.17) is 11.6 Å². The smallest absolute Gasteiger partial charge is 0.0488 e. The van der Waals surface area contributed by atoms with Crippen LogP contribution >= 0.6 is 11.6 Å². The Morgan fingerprint density at radius 2 is 1.80 bits per heavy atom. The average molecular weight is 222 g/mol. The van der Waals surface area contributed by atoms with Crippen molar-refractivity contribution in [2.45, 2.75) is 33.7 Å². The topological polar surface area (TPSA) is 4.93 Å². The molecular weight excluding hydrogens is 206 g/mol. The van der Waals surface area contributed by atoms with Crippen molar-refractivity contribution in [2.75, 3.05) is 0 Å². The van der Waals surface area contributed by atoms with E-state index in [1.807, 2.05) is 0 Å². The highest BCUT2D eigenvalue weighted by atomic mass is 35.5. The van der Waals surface area contributed by atoms with Crippen molar-refractivity contribution in [3.63, 3.8) is 0 Å². The van der Waals surface area contributed by atoms with Gasteiger partial charge in [0.25, 0.3) is 0 Å². The minimum atomic E-state index is 0.489. The van der Waals surface area contributed by atoms with Gasteiger partial charge < -0.3 is 4.57 Å². The molecule has 0 bridgehead atoms. The molecule has 2 rings (SSSR count). The summed E-state index contributed by atoms with van der Waals surface area (Å²) < 4.78 is 2.35. The molecule has 0 amide bonds. The molecule has 2 aromatic rings. The van der Waals surface area contributed by atoms with E-state index in [1.165, 1.54) is 16.6 Å². The van der Waals surface area contributed by atoms with Gasteiger partial charge in [-0.25, -0.2) is 0 Å². The Bertz CT molecular complexity index is 509. The summed E-state index contributed by atoms with van der Waals surface area (Å²) in [5.41, 5.74) is 3.72. The van der Waals surface area contributed by atoms with E-state index < -0.39 is 0 Å². The summed E-state index contributed by atoms with van der Waals surface area (Å²) in [4.78, 5) is 0. The van der Waals surface area contributed by atoms with Crippen LogP contribution in [0, 0.1) is 13.8 Å². The second-order valence-corrected chi connectivity index (χ2v) is 4.82. The summed E-state index contributed by atoms with van der Waals surface area (Å²) >= 11 is 6.12. The van der Waals surface area contributed by atoms with Gasteiger partial charge in [-0.15, -0.1) is 0 Å². The third-order valence-electron chi connectivity index (χ3n) is 2.83. The van der Waals surface area contributed by atoms with E-state index in [1.54, 1.807) is 0 Å². The van der Waals surface area contributed by atoms with E-state index in [0.29, 0.717) is 6.04 Å². The number of aryl methyl sites for hydroxylation is 2. The van der Waals surface area contributed by atoms with E-state index in [0.717, 1.165) is 10.6 Å². The van der Waals surface area contributed by atoms with E-state index in [2.05, 4.69) is 50.5 Å². The maximum absolute atomic E-state index is 6.12. The Morgan fingerprint density at radius 1 is 1.13 bits per heavy atom. The van der Waals surface area contributed by atoms with Crippen molar-refractivity contribution in [1.82, 2.24) is 4.57 Å². The SMILES string of the molecule is Cc1cc2c(cc1Cl)cc(C)n2C(C)C. The minimum Gasteiger partial charge on any atom is -0.342 e. The molecule has 0 fully saturated rings. The quantitative estimate of drug-likeness (QED) is 0.669. The summed E-state index contributed by atoms with van der Waals surface area (Å²) in [5, 5.41) is 2.08. The second-order valence-electron chi connectivity index (χ2n) is 4.41. The fourth-order valence-corrected chi connectivity index (χ4v) is 2.35. The lowest BCUT2D eigenvalue weighted by Gasteiger charge is -2.12. The molecule has 0 aliphatic rings. The van der Waals surface area contributed by atoms with Crippen LogP contribution < -0.4 is 0 Å². The highest BCUT2D eigenvalue weighted by molar-refractivity contribution is 6.32. The lowest BCUT2D eigenvalue weighted by Crippen LogP contribution is -2.02. The van der Waals surface area contributed by atoms with Gasteiger partial charge in [0.05, 0.1) is 0 Å². The third-order valence-corrected chi connectivity index (χ3v) is 3.24. The number of hydrogen-bond acceptors (Lipinski definition) is 0. The molecule has 0 saturated heterocycles. The molecule has 0 aliphatic heterocycles. The molecule has 15 heavy (non-hydrogen) atoms. The summed E-state index contributed by atoms with van der Waals surface area (Å²) in [5.74, 6) is 0. The number of halogens is 1. The first-order valence-corrected chi connectivity index (χ1v) is 5.66. The van der Waals surface area contributed by atoms with Crippen molar-refractivity contribution in [3.05, 3.63) is 34.5 Å². The molecule has 0 radical (unpaired) electrons. The predicted molar refractivity (Wildman–Crippen MR) is 66.8 cm³/mol. The molecule has 0 atom stereocenters. The van der Waals surface area contributed by atoms with Gasteiger partial charge in [-0.2, -0.15) is 0 Å². The fourth-order valence-electron chi connectivity index (χ4n) is 2.18. The first-order chi connectivity index (χ1) is 7.00. The van der Waals surface area contributed by atoms with Crippen molar-refractivity contribution in [3.8, 4) is 0 Å². The minimum absolute atomic E-state index is 0.489. The summed E-state index contributed by atoms with van der Waals surface area (Å²) in [7, 11) is 0. The molecule has 0 saturated carbocycles. The summed E-state index contributed by atoms with van der Waals surface area (Å²) in [6.07, 6.45) is 0. The van der Waals surface area contributed by atoms with Gasteiger partial charge in [0, 0.05) is 27.7 Å². The van der Waals surface area contributed by atoms with Gasteiger partial charge in [-0.05, 0) is 51.5 Å². The van der Waals surface area contributed by atoms with Gasteiger partial charge in [0.1, 0.15) is 0 Å². The molecule has 1 nitrogen and oxygen atoms in total. The number of fused-ring (bicyclic) bond motifs is 1. The van der Waals surface area contributed by atoms with Crippen LogP contribution in [0.3, 0.4) is 0 Å². The van der Waals surface area contributed by atoms with Gasteiger partial charge in [-0.1, -0.05) is 11.6 Å². The molecule has 0 unspecified atom stereocenters. The summed E-state index contributed by atoms with van der Waals surface area (Å²) in [6, 6.07) is 6.91. The zero-order valence-electron chi connectivity index (χ0n) is 9.63. The van der Waals surface area contributed by atoms with Crippen LogP contribution in [0.4, 0.5) is 0 Å². The van der Waals surface area contributed by atoms with Crippen LogP contribution in [0.1, 0.15) is 31.1 Å². The Balaban J connectivity index is 2.81. The lowest BCUT2D eigenvalue weighted by atomic mass is 10.2. The van der Waals surface area contributed by atoms with E-state index in [9.17, 15) is 0 Å². The van der Waals surface area contributed by atoms with Crippen LogP contribution in [0.15, 0.2) is 18.2 Å². The Kier molecular flexibility index (Phi) is 2.51. The third kappa shape index (κ3) is 1.65. The number of nitrogens with zero attached hydrogens (tertiary/aromatic N) is 1. The van der Waals surface area contributed by atoms with Gasteiger partial charge in [-0.3, -0.25) is 0 Å². The molecule has 1 heterocycles. The lowest BCUT2D eigenvalue weighted by molar-refractivity contribution is 0.608. The molecule has 1 aromatic carbocycles. The second kappa shape index (κ2) is 3.57. The van der Waals surface area contributed by atoms with Crippen LogP contribution in [-0.4, -0.2) is 4.57 Å². The van der Waals surface area contributed by atoms with Crippen molar-refractivity contribution < 1.29 is 0 Å². The highest BCUT2D eigenvalue weighted by Crippen LogP contribution is 2.28. The Morgan fingerprint density at radius 3 is 2.40 bits per heavy atom. The zero-order valence-corrected chi connectivity index (χ0v) is 10.4. The van der Waals surface area contributed by atoms with Crippen LogP contribution in [0.25, 0.3) is 10.9 Å². The molecule has 2 heteroatoms. The Hall–Kier alpha value is -0.950. The largest absolute Gasteiger partial charge is 0.342 e. The molecular formula is C13H16ClN. The number of benzene rings is 1. The molecule has 0 N–H and O–H groups in total. The molecule has 1 aromatic heterocycles. The van der Waals surface area contributed by atoms with Gasteiger partial charge in [0.2, 0.25) is 0 Å². The van der Waals surface area contributed by atoms with Crippen molar-refractivity contribution >= 4 is 22.5 Å². The number of hydrogen-bond donors (Lipinski definition) is 0. The fraction of sp³-hybridized carbons (Fsp3) is 0.385. The highest BCUT2D eigenvalue weighted by Gasteiger charge is 2.09. The van der Waals surface area contributed by atoms with Crippen LogP contribution in [0.5, 0.6) is 0 Å². The predicted octanol–water partition coefficient (Wildman–Crippen LogP) is 4.49. The first-order valence-electron chi connectivity index (χ1n) is 5.28. The average Bonchev–Trinajstić information content (AvgIpc) is 2.41. The maximum Gasteiger partial charge on any atom is 0.0488 e. The van der Waals surface area contributed by atoms with E-state index >= 15 is 0 Å². The van der Waals surface area contributed by atoms with Gasteiger partial charge >= 0.3 is 0 Å². The molecule has 0 spiro atoms. The molecule has 0 aliphatic carbocycles. The van der Waals surface area contributed by atoms with Crippen molar-refractivity contribution in [2.24, 2.45) is 0 Å². The normalized spacial score (nSPS) is 11.6.